The number of H-pyrrole nitrogens is 1. The Morgan fingerprint density at radius 1 is 1.18 bits per heavy atom. The number of piperazine rings is 1. The highest BCUT2D eigenvalue weighted by molar-refractivity contribution is 6.35. The standard InChI is InChI=1S/C35H33ClN6O2/c1-7-31(43)40-14-15-41(22(5)19-40)34-25-16-27(36)24(32-21(4)12-13-28-26(32)18-38-39-28)17-30(25)42(35(44)33(34)37-6)29-11-9-8-10-23(29)20(2)3/h7-13,16-18,20,22H,1,14-15,19H2,2-5H3,(H,38,39)/t22-/m1/s1. The van der Waals surface area contributed by atoms with Gasteiger partial charge in [-0.2, -0.15) is 5.10 Å². The number of fused-ring (bicyclic) bond motifs is 2. The van der Waals surface area contributed by atoms with Crippen LogP contribution in [0, 0.1) is 13.5 Å². The van der Waals surface area contributed by atoms with Gasteiger partial charge in [0.1, 0.15) is 0 Å². The number of amides is 1. The topological polar surface area (TPSA) is 78.6 Å². The van der Waals surface area contributed by atoms with Crippen LogP contribution in [0.15, 0.2) is 72.2 Å². The number of aryl methyl sites for hydroxylation is 1. The normalized spacial score (nSPS) is 15.2. The predicted octanol–water partition coefficient (Wildman–Crippen LogP) is 7.39. The van der Waals surface area contributed by atoms with Gasteiger partial charge in [0.25, 0.3) is 11.2 Å². The minimum atomic E-state index is -0.390. The van der Waals surface area contributed by atoms with Crippen LogP contribution in [0.3, 0.4) is 0 Å². The molecule has 1 aliphatic heterocycles. The summed E-state index contributed by atoms with van der Waals surface area (Å²) in [6.07, 6.45) is 3.11. The molecule has 44 heavy (non-hydrogen) atoms. The van der Waals surface area contributed by atoms with E-state index in [1.807, 2.05) is 62.4 Å². The molecule has 1 amide bonds. The van der Waals surface area contributed by atoms with Gasteiger partial charge in [-0.1, -0.05) is 56.3 Å². The molecule has 3 heterocycles. The Hall–Kier alpha value is -4.87. The molecule has 6 rings (SSSR count). The molecule has 3 aromatic carbocycles. The first-order chi connectivity index (χ1) is 21.2. The zero-order valence-electron chi connectivity index (χ0n) is 25.2. The molecule has 1 fully saturated rings. The maximum atomic E-state index is 14.5. The highest BCUT2D eigenvalue weighted by Crippen LogP contribution is 2.44. The number of carbonyl (C=O) groups excluding carboxylic acids is 1. The molecule has 0 aliphatic carbocycles. The Morgan fingerprint density at radius 2 is 1.95 bits per heavy atom. The number of pyridine rings is 1. The average molecular weight is 605 g/mol. The third-order valence-electron chi connectivity index (χ3n) is 8.63. The molecule has 0 spiro atoms. The second-order valence-electron chi connectivity index (χ2n) is 11.6. The molecule has 0 saturated carbocycles. The van der Waals surface area contributed by atoms with E-state index in [1.165, 1.54) is 6.08 Å². The second kappa shape index (κ2) is 11.3. The number of nitrogens with zero attached hydrogens (tertiary/aromatic N) is 5. The zero-order valence-corrected chi connectivity index (χ0v) is 25.9. The van der Waals surface area contributed by atoms with Crippen molar-refractivity contribution in [1.82, 2.24) is 19.7 Å². The van der Waals surface area contributed by atoms with E-state index in [2.05, 4.69) is 40.4 Å². The lowest BCUT2D eigenvalue weighted by atomic mass is 9.94. The molecule has 9 heteroatoms. The quantitative estimate of drug-likeness (QED) is 0.168. The first-order valence-electron chi connectivity index (χ1n) is 14.7. The van der Waals surface area contributed by atoms with Gasteiger partial charge in [0.15, 0.2) is 0 Å². The lowest BCUT2D eigenvalue weighted by Crippen LogP contribution is -2.53. The van der Waals surface area contributed by atoms with Crippen molar-refractivity contribution < 1.29 is 4.79 Å². The average Bonchev–Trinajstić information content (AvgIpc) is 3.49. The Morgan fingerprint density at radius 3 is 2.66 bits per heavy atom. The van der Waals surface area contributed by atoms with Gasteiger partial charge in [-0.3, -0.25) is 19.3 Å². The molecular weight excluding hydrogens is 572 g/mol. The van der Waals surface area contributed by atoms with Crippen molar-refractivity contribution in [3.8, 4) is 16.8 Å². The largest absolute Gasteiger partial charge is 0.373 e. The van der Waals surface area contributed by atoms with Crippen LogP contribution in [-0.2, 0) is 4.79 Å². The highest BCUT2D eigenvalue weighted by Gasteiger charge is 2.32. The van der Waals surface area contributed by atoms with E-state index in [9.17, 15) is 9.59 Å². The molecule has 2 aromatic heterocycles. The molecule has 0 radical (unpaired) electrons. The number of para-hydroxylation sites is 1. The molecule has 5 aromatic rings. The van der Waals surface area contributed by atoms with Crippen molar-refractivity contribution in [2.45, 2.75) is 39.7 Å². The number of aromatic nitrogens is 3. The Labute approximate surface area is 261 Å². The molecule has 1 saturated heterocycles. The molecule has 0 bridgehead atoms. The monoisotopic (exact) mass is 604 g/mol. The van der Waals surface area contributed by atoms with Crippen molar-refractivity contribution >= 4 is 50.7 Å². The Kier molecular flexibility index (Phi) is 7.52. The van der Waals surface area contributed by atoms with Gasteiger partial charge < -0.3 is 9.80 Å². The van der Waals surface area contributed by atoms with Gasteiger partial charge in [0.05, 0.1) is 35.2 Å². The molecule has 1 aliphatic rings. The van der Waals surface area contributed by atoms with E-state index in [-0.39, 0.29) is 29.1 Å². The number of hydrogen-bond donors (Lipinski definition) is 1. The van der Waals surface area contributed by atoms with Crippen molar-refractivity contribution in [1.29, 1.82) is 0 Å². The number of anilines is 1. The second-order valence-corrected chi connectivity index (χ2v) is 12.0. The summed E-state index contributed by atoms with van der Waals surface area (Å²) in [7, 11) is 0. The van der Waals surface area contributed by atoms with E-state index >= 15 is 0 Å². The van der Waals surface area contributed by atoms with Crippen LogP contribution in [0.4, 0.5) is 11.4 Å². The van der Waals surface area contributed by atoms with Crippen molar-refractivity contribution in [3.05, 3.63) is 105 Å². The van der Waals surface area contributed by atoms with E-state index in [0.29, 0.717) is 41.2 Å². The molecular formula is C35H33ClN6O2. The fourth-order valence-electron chi connectivity index (χ4n) is 6.49. The van der Waals surface area contributed by atoms with Crippen LogP contribution < -0.4 is 10.5 Å². The number of nitrogens with one attached hydrogen (secondary N) is 1. The van der Waals surface area contributed by atoms with Gasteiger partial charge in [-0.15, -0.1) is 0 Å². The summed E-state index contributed by atoms with van der Waals surface area (Å²) in [5.41, 5.74) is 6.17. The van der Waals surface area contributed by atoms with Crippen LogP contribution in [0.5, 0.6) is 0 Å². The summed E-state index contributed by atoms with van der Waals surface area (Å²) in [6, 6.07) is 15.6. The third kappa shape index (κ3) is 4.65. The number of aromatic amines is 1. The van der Waals surface area contributed by atoms with Gasteiger partial charge in [-0.05, 0) is 66.8 Å². The Balaban J connectivity index is 1.71. The summed E-state index contributed by atoms with van der Waals surface area (Å²) >= 11 is 7.15. The minimum Gasteiger partial charge on any atom is -0.373 e. The summed E-state index contributed by atoms with van der Waals surface area (Å²) in [5.74, 6) is -0.00245. The zero-order chi connectivity index (χ0) is 31.3. The summed E-state index contributed by atoms with van der Waals surface area (Å²) in [6.45, 7) is 21.4. The summed E-state index contributed by atoms with van der Waals surface area (Å²) in [4.78, 5) is 34.6. The third-order valence-corrected chi connectivity index (χ3v) is 8.94. The molecule has 8 nitrogen and oxygen atoms in total. The molecule has 222 valence electrons. The predicted molar refractivity (Wildman–Crippen MR) is 178 cm³/mol. The van der Waals surface area contributed by atoms with Crippen LogP contribution in [0.1, 0.15) is 37.8 Å². The smallest absolute Gasteiger partial charge is 0.274 e. The SMILES string of the molecule is [C-]#[N+]c1c(N2CCN(C(=O)C=C)C[C@H]2C)c2cc(Cl)c(-c3c(C)ccc4[nH]ncc34)cc2n(-c2ccccc2C(C)C)c1=O. The lowest BCUT2D eigenvalue weighted by molar-refractivity contribution is -0.126. The van der Waals surface area contributed by atoms with E-state index in [1.54, 1.807) is 15.7 Å². The number of hydrogen-bond acceptors (Lipinski definition) is 4. The van der Waals surface area contributed by atoms with Crippen LogP contribution >= 0.6 is 11.6 Å². The first kappa shape index (κ1) is 29.2. The Bertz CT molecular complexity index is 2070. The fourth-order valence-corrected chi connectivity index (χ4v) is 6.74. The molecule has 1 N–H and O–H groups in total. The van der Waals surface area contributed by atoms with Crippen LogP contribution in [0.25, 0.3) is 43.5 Å². The van der Waals surface area contributed by atoms with Gasteiger partial charge in [0, 0.05) is 47.0 Å². The van der Waals surface area contributed by atoms with Gasteiger partial charge in [0.2, 0.25) is 5.91 Å². The van der Waals surface area contributed by atoms with E-state index in [4.69, 9.17) is 18.2 Å². The minimum absolute atomic E-state index is 0.0309. The summed E-state index contributed by atoms with van der Waals surface area (Å²) in [5, 5.41) is 9.44. The van der Waals surface area contributed by atoms with Crippen LogP contribution in [0.2, 0.25) is 5.02 Å². The van der Waals surface area contributed by atoms with Gasteiger partial charge >= 0.3 is 0 Å². The van der Waals surface area contributed by atoms with E-state index in [0.717, 1.165) is 38.8 Å². The number of carbonyl (C=O) groups is 1. The van der Waals surface area contributed by atoms with Crippen molar-refractivity contribution in [2.75, 3.05) is 24.5 Å². The van der Waals surface area contributed by atoms with Crippen LogP contribution in [-0.4, -0.2) is 51.2 Å². The highest BCUT2D eigenvalue weighted by atomic mass is 35.5. The number of benzene rings is 3. The van der Waals surface area contributed by atoms with E-state index < -0.39 is 0 Å². The maximum absolute atomic E-state index is 14.5. The number of halogens is 1. The molecule has 1 atom stereocenters. The van der Waals surface area contributed by atoms with Crippen molar-refractivity contribution in [3.63, 3.8) is 0 Å². The number of rotatable bonds is 5. The van der Waals surface area contributed by atoms with Crippen molar-refractivity contribution in [2.24, 2.45) is 0 Å². The maximum Gasteiger partial charge on any atom is 0.274 e. The lowest BCUT2D eigenvalue weighted by Gasteiger charge is -2.42. The van der Waals surface area contributed by atoms with Gasteiger partial charge in [-0.25, -0.2) is 4.85 Å². The fraction of sp³-hybridized carbons (Fsp3) is 0.257. The first-order valence-corrected chi connectivity index (χ1v) is 15.0. The molecule has 0 unspecified atom stereocenters. The summed E-state index contributed by atoms with van der Waals surface area (Å²) < 4.78 is 1.67.